The number of imide groups is 1. The van der Waals surface area contributed by atoms with Crippen molar-refractivity contribution in [3.05, 3.63) is 104 Å². The van der Waals surface area contributed by atoms with E-state index in [1.54, 1.807) is 21.6 Å². The van der Waals surface area contributed by atoms with Gasteiger partial charge in [0.2, 0.25) is 12.2 Å². The van der Waals surface area contributed by atoms with Crippen molar-refractivity contribution in [2.45, 2.75) is 110 Å². The number of aliphatic carboxylic acids is 1. The number of cyclic esters (lactones) is 1. The number of ether oxygens (including phenoxy) is 6. The van der Waals surface area contributed by atoms with Crippen LogP contribution in [0.4, 0.5) is 4.79 Å². The maximum Gasteiger partial charge on any atom is 0.410 e. The molecular weight excluding hydrogens is 979 g/mol. The number of esters is 1. The molecule has 4 atom stereocenters. The molecule has 5 aromatic rings. The van der Waals surface area contributed by atoms with E-state index in [9.17, 15) is 43.8 Å². The smallest absolute Gasteiger partial charge is 0.410 e. The van der Waals surface area contributed by atoms with E-state index in [4.69, 9.17) is 33.4 Å². The van der Waals surface area contributed by atoms with Gasteiger partial charge in [-0.15, -0.1) is 11.3 Å². The van der Waals surface area contributed by atoms with Gasteiger partial charge >= 0.3 is 18.0 Å². The molecule has 0 unspecified atom stereocenters. The van der Waals surface area contributed by atoms with Crippen molar-refractivity contribution in [1.29, 1.82) is 0 Å². The average molecular weight is 1040 g/mol. The van der Waals surface area contributed by atoms with Gasteiger partial charge in [0.1, 0.15) is 19.0 Å². The van der Waals surface area contributed by atoms with Crippen LogP contribution >= 0.6 is 11.3 Å². The lowest BCUT2D eigenvalue weighted by molar-refractivity contribution is -0.195. The Balaban J connectivity index is 0.872. The number of carboxylic acids is 1. The summed E-state index contributed by atoms with van der Waals surface area (Å²) in [6.07, 6.45) is -0.486. The summed E-state index contributed by atoms with van der Waals surface area (Å²) in [5.74, 6) is -2.80. The van der Waals surface area contributed by atoms with Gasteiger partial charge in [0.15, 0.2) is 6.10 Å². The van der Waals surface area contributed by atoms with Gasteiger partial charge in [-0.1, -0.05) is 31.2 Å². The number of amides is 4. The number of nitrogens with zero attached hydrogens (tertiary/aromatic N) is 4. The number of fused-ring (bicyclic) bond motifs is 6. The van der Waals surface area contributed by atoms with Crippen LogP contribution in [0.5, 0.6) is 5.75 Å². The number of carbonyl (C=O) groups is 6. The molecule has 3 N–H and O–H groups in total. The molecule has 0 saturated carbocycles. The number of hydrogen-bond donors (Lipinski definition) is 3. The van der Waals surface area contributed by atoms with Crippen molar-refractivity contribution in [3.8, 4) is 17.1 Å². The second-order valence-corrected chi connectivity index (χ2v) is 19.8. The number of aliphatic hydroxyl groups is 1. The molecule has 21 heteroatoms. The second-order valence-electron chi connectivity index (χ2n) is 18.7. The molecule has 0 aliphatic carbocycles. The van der Waals surface area contributed by atoms with Crippen LogP contribution in [-0.4, -0.2) is 129 Å². The largest absolute Gasteiger partial charge is 0.479 e. The summed E-state index contributed by atoms with van der Waals surface area (Å²) >= 11 is 1.35. The summed E-state index contributed by atoms with van der Waals surface area (Å²) in [6.45, 7) is 7.01. The molecule has 20 nitrogen and oxygen atoms in total. The maximum absolute atomic E-state index is 14.1. The van der Waals surface area contributed by atoms with E-state index < -0.39 is 36.5 Å². The zero-order valence-corrected chi connectivity index (χ0v) is 42.0. The molecule has 4 aliphatic heterocycles. The predicted octanol–water partition coefficient (Wildman–Crippen LogP) is 5.07. The third-order valence-electron chi connectivity index (χ3n) is 13.6. The number of aliphatic hydroxyl groups excluding tert-OH is 1. The lowest BCUT2D eigenvalue weighted by atomic mass is 9.90. The molecule has 4 amide bonds. The molecule has 7 heterocycles. The molecule has 390 valence electrons. The molecule has 9 rings (SSSR count). The number of benzene rings is 2. The average Bonchev–Trinajstić information content (AvgIpc) is 4.09. The Labute approximate surface area is 428 Å². The van der Waals surface area contributed by atoms with Crippen LogP contribution < -0.4 is 15.6 Å². The van der Waals surface area contributed by atoms with Crippen molar-refractivity contribution in [1.82, 2.24) is 24.7 Å². The van der Waals surface area contributed by atoms with Gasteiger partial charge in [-0.05, 0) is 62.1 Å². The lowest BCUT2D eigenvalue weighted by Crippen LogP contribution is -2.42. The topological polar surface area (TPSA) is 252 Å². The van der Waals surface area contributed by atoms with Crippen LogP contribution in [0, 0.1) is 0 Å². The molecular formula is C53H57N5O15S. The Hall–Kier alpha value is -7.04. The van der Waals surface area contributed by atoms with Crippen molar-refractivity contribution in [2.24, 2.45) is 0 Å². The molecule has 0 bridgehead atoms. The number of hydrogen-bond acceptors (Lipinski definition) is 16. The number of nitrogens with one attached hydrogen (secondary N) is 1. The van der Waals surface area contributed by atoms with Gasteiger partial charge < -0.3 is 53.4 Å². The van der Waals surface area contributed by atoms with E-state index in [1.807, 2.05) is 57.2 Å². The van der Waals surface area contributed by atoms with Crippen molar-refractivity contribution in [3.63, 3.8) is 0 Å². The summed E-state index contributed by atoms with van der Waals surface area (Å²) in [4.78, 5) is 97.4. The second kappa shape index (κ2) is 22.6. The minimum Gasteiger partial charge on any atom is -0.479 e. The van der Waals surface area contributed by atoms with Crippen LogP contribution in [0.1, 0.15) is 85.1 Å². The minimum atomic E-state index is -1.26. The van der Waals surface area contributed by atoms with Crippen LogP contribution in [0.2, 0.25) is 0 Å². The van der Waals surface area contributed by atoms with Crippen LogP contribution in [0.15, 0.2) is 65.5 Å². The molecule has 1 fully saturated rings. The summed E-state index contributed by atoms with van der Waals surface area (Å²) in [5, 5.41) is 24.5. The highest BCUT2D eigenvalue weighted by molar-refractivity contribution is 7.19. The highest BCUT2D eigenvalue weighted by Gasteiger charge is 2.37. The van der Waals surface area contributed by atoms with Gasteiger partial charge in [0.25, 0.3) is 17.4 Å². The zero-order chi connectivity index (χ0) is 52.2. The monoisotopic (exact) mass is 1040 g/mol. The third-order valence-corrected chi connectivity index (χ3v) is 14.8. The first-order chi connectivity index (χ1) is 35.7. The van der Waals surface area contributed by atoms with Crippen molar-refractivity contribution >= 4 is 68.1 Å². The summed E-state index contributed by atoms with van der Waals surface area (Å²) in [7, 11) is 0. The Morgan fingerprint density at radius 1 is 0.959 bits per heavy atom. The first-order valence-corrected chi connectivity index (χ1v) is 25.5. The minimum absolute atomic E-state index is 0.0393. The summed E-state index contributed by atoms with van der Waals surface area (Å²) in [5.41, 5.74) is 5.47. The fraction of sp³-hybridized carbons (Fsp3) is 0.434. The molecule has 1 saturated heterocycles. The number of rotatable bonds is 21. The summed E-state index contributed by atoms with van der Waals surface area (Å²) < 4.78 is 36.7. The van der Waals surface area contributed by atoms with Crippen LogP contribution in [-0.2, 0) is 80.4 Å². The molecule has 0 radical (unpaired) electrons. The van der Waals surface area contributed by atoms with Crippen molar-refractivity contribution < 1.29 is 67.4 Å². The molecule has 3 aromatic heterocycles. The first-order valence-electron chi connectivity index (χ1n) is 24.7. The quantitative estimate of drug-likeness (QED) is 0.0483. The number of carboxylic acid groups (broad SMARTS) is 1. The zero-order valence-electron chi connectivity index (χ0n) is 41.2. The van der Waals surface area contributed by atoms with E-state index in [0.717, 1.165) is 31.8 Å². The fourth-order valence-corrected chi connectivity index (χ4v) is 10.9. The standard InChI is InChI=1S/C53H57N5O15S/c1-4-33-36-24-41-48-38(26-58(41)50(63)39(36)28-70-52(33)66)34(35-7-5-6-8-40(35)55-48)13-15-56(29(2)3)53(67)71-27-30-9-10-42(72-47-22-31(59)21-43(73-47)51(64)65)37-23-32(74-49(30)37)25-54-44(60)14-17-68-19-20-69-18-16-57-45(61)11-12-46(57)62/h5-12,23-24,29,31,33,43,47,59H,4,13-22,25-28H2,1-3H3,(H,54,60)(H,64,65)/t31-,33-,43-,47+/m0/s1. The first kappa shape index (κ1) is 51.8. The fourth-order valence-electron chi connectivity index (χ4n) is 9.75. The maximum atomic E-state index is 14.1. The van der Waals surface area contributed by atoms with E-state index >= 15 is 0 Å². The number of pyridine rings is 2. The Morgan fingerprint density at radius 2 is 1.73 bits per heavy atom. The number of carbonyl (C=O) groups excluding carboxylic acids is 5. The van der Waals surface area contributed by atoms with Gasteiger partial charge in [0.05, 0.1) is 80.6 Å². The number of para-hydroxylation sites is 1. The van der Waals surface area contributed by atoms with E-state index in [0.29, 0.717) is 56.8 Å². The summed E-state index contributed by atoms with van der Waals surface area (Å²) in [6, 6.07) is 14.6. The van der Waals surface area contributed by atoms with Crippen LogP contribution in [0.25, 0.3) is 32.4 Å². The van der Waals surface area contributed by atoms with Gasteiger partial charge in [-0.3, -0.25) is 28.9 Å². The SMILES string of the molecule is CC[C@@H]1C(=O)OCc2c1cc1n(c2=O)Cc2c-1nc1ccccc1c2CCN(C(=O)OCc1ccc(O[C@H]2C[C@@H](O)C[C@@H](C(=O)O)O2)c2cc(CNC(=O)CCOCCOCCN3C(=O)C=CC3=O)sc12)C(C)C. The van der Waals surface area contributed by atoms with E-state index in [1.165, 1.54) is 23.5 Å². The normalized spacial score (nSPS) is 18.9. The lowest BCUT2D eigenvalue weighted by Gasteiger charge is -2.31. The highest BCUT2D eigenvalue weighted by atomic mass is 32.1. The number of thiophene rings is 1. The third kappa shape index (κ3) is 11.1. The van der Waals surface area contributed by atoms with Gasteiger partial charge in [0, 0.05) is 75.5 Å². The Bertz CT molecular complexity index is 3090. The Kier molecular flexibility index (Phi) is 15.8. The molecule has 4 aliphatic rings. The predicted molar refractivity (Wildman–Crippen MR) is 267 cm³/mol. The van der Waals surface area contributed by atoms with E-state index in [-0.39, 0.29) is 120 Å². The van der Waals surface area contributed by atoms with Gasteiger partial charge in [-0.2, -0.15) is 0 Å². The molecule has 0 spiro atoms. The highest BCUT2D eigenvalue weighted by Crippen LogP contribution is 2.40. The van der Waals surface area contributed by atoms with Crippen LogP contribution in [0.3, 0.4) is 0 Å². The number of aromatic nitrogens is 2. The van der Waals surface area contributed by atoms with E-state index in [2.05, 4.69) is 5.32 Å². The molecule has 2 aromatic carbocycles. The molecule has 74 heavy (non-hydrogen) atoms. The van der Waals surface area contributed by atoms with Crippen molar-refractivity contribution in [2.75, 3.05) is 39.5 Å². The Morgan fingerprint density at radius 3 is 2.49 bits per heavy atom. The van der Waals surface area contributed by atoms with Gasteiger partial charge in [-0.25, -0.2) is 14.6 Å².